The summed E-state index contributed by atoms with van der Waals surface area (Å²) in [7, 11) is 0. The Hall–Kier alpha value is -2.60. The van der Waals surface area contributed by atoms with Crippen LogP contribution in [0.1, 0.15) is 11.1 Å². The predicted octanol–water partition coefficient (Wildman–Crippen LogP) is 3.60. The van der Waals surface area contributed by atoms with Gasteiger partial charge in [-0.25, -0.2) is 0 Å². The number of phenols is 1. The second kappa shape index (κ2) is 5.24. The molecule has 5 nitrogen and oxygen atoms in total. The van der Waals surface area contributed by atoms with E-state index in [1.165, 1.54) is 0 Å². The molecule has 1 aliphatic heterocycles. The summed E-state index contributed by atoms with van der Waals surface area (Å²) in [5, 5.41) is 9.58. The Morgan fingerprint density at radius 2 is 2.09 bits per heavy atom. The van der Waals surface area contributed by atoms with Crippen LogP contribution in [-0.4, -0.2) is 15.1 Å². The van der Waals surface area contributed by atoms with Gasteiger partial charge in [0.2, 0.25) is 5.88 Å². The number of aromatic hydroxyl groups is 1. The number of aromatic amines is 1. The lowest BCUT2D eigenvalue weighted by atomic mass is 10.0. The number of hydrogen-bond donors (Lipinski definition) is 2. The van der Waals surface area contributed by atoms with Crippen molar-refractivity contribution in [2.24, 2.45) is 0 Å². The molecule has 23 heavy (non-hydrogen) atoms. The molecule has 0 spiro atoms. The molecular weight excluding hydrogens is 360 g/mol. The number of rotatable bonds is 1. The van der Waals surface area contributed by atoms with Crippen molar-refractivity contribution >= 4 is 15.9 Å². The van der Waals surface area contributed by atoms with Gasteiger partial charge in [0.05, 0.1) is 5.56 Å². The van der Waals surface area contributed by atoms with Crippen molar-refractivity contribution in [3.05, 3.63) is 68.4 Å². The Morgan fingerprint density at radius 3 is 2.91 bits per heavy atom. The fraction of sp³-hybridized carbons (Fsp3) is 0.0588. The number of halogens is 1. The molecule has 0 saturated heterocycles. The van der Waals surface area contributed by atoms with Gasteiger partial charge in [0.1, 0.15) is 17.3 Å². The van der Waals surface area contributed by atoms with E-state index in [4.69, 9.17) is 4.74 Å². The maximum absolute atomic E-state index is 12.4. The van der Waals surface area contributed by atoms with Gasteiger partial charge in [-0.15, -0.1) is 0 Å². The summed E-state index contributed by atoms with van der Waals surface area (Å²) in [6.07, 6.45) is 0.465. The maximum atomic E-state index is 12.4. The Bertz CT molecular complexity index is 982. The van der Waals surface area contributed by atoms with Crippen LogP contribution >= 0.6 is 15.9 Å². The molecule has 2 aromatic carbocycles. The minimum Gasteiger partial charge on any atom is -0.508 e. The number of nitrogens with zero attached hydrogens (tertiary/aromatic N) is 1. The van der Waals surface area contributed by atoms with E-state index in [-0.39, 0.29) is 11.3 Å². The number of phenolic OH excluding ortho intramolecular Hbond substituents is 1. The maximum Gasteiger partial charge on any atom is 0.258 e. The van der Waals surface area contributed by atoms with Gasteiger partial charge in [-0.2, -0.15) is 4.98 Å². The van der Waals surface area contributed by atoms with Crippen LogP contribution < -0.4 is 10.3 Å². The molecule has 0 radical (unpaired) electrons. The van der Waals surface area contributed by atoms with E-state index in [0.29, 0.717) is 35.0 Å². The molecular formula is C17H11BrN2O3. The molecule has 2 heterocycles. The summed E-state index contributed by atoms with van der Waals surface area (Å²) in [5.41, 5.74) is 1.82. The van der Waals surface area contributed by atoms with E-state index in [1.807, 2.05) is 18.2 Å². The lowest BCUT2D eigenvalue weighted by Gasteiger charge is -2.19. The number of H-pyrrole nitrogens is 1. The summed E-state index contributed by atoms with van der Waals surface area (Å²) in [5.74, 6) is 1.48. The number of fused-ring (bicyclic) bond motifs is 2. The standard InChI is InChI=1S/C17H11BrN2O3/c18-11-4-5-14-10(6-11)8-13-16(22)19-15(20-17(13)23-14)9-2-1-3-12(21)7-9/h1-7,21H,8H2,(H,19,20,22). The highest BCUT2D eigenvalue weighted by atomic mass is 79.9. The fourth-order valence-electron chi connectivity index (χ4n) is 2.59. The first-order chi connectivity index (χ1) is 11.1. The number of hydrogen-bond acceptors (Lipinski definition) is 4. The zero-order chi connectivity index (χ0) is 16.0. The SMILES string of the molecule is O=c1[nH]c(-c2cccc(O)c2)nc2c1Cc1cc(Br)ccc1O2. The second-order valence-corrected chi connectivity index (χ2v) is 6.20. The van der Waals surface area contributed by atoms with Crippen molar-refractivity contribution in [3.8, 4) is 28.8 Å². The van der Waals surface area contributed by atoms with Gasteiger partial charge in [-0.3, -0.25) is 4.79 Å². The van der Waals surface area contributed by atoms with Crippen LogP contribution in [0.25, 0.3) is 11.4 Å². The highest BCUT2D eigenvalue weighted by Gasteiger charge is 2.22. The number of ether oxygens (including phenoxy) is 1. The van der Waals surface area contributed by atoms with Crippen LogP contribution in [0.3, 0.4) is 0 Å². The number of nitrogens with one attached hydrogen (secondary N) is 1. The van der Waals surface area contributed by atoms with Crippen molar-refractivity contribution in [1.29, 1.82) is 0 Å². The van der Waals surface area contributed by atoms with E-state index >= 15 is 0 Å². The van der Waals surface area contributed by atoms with Crippen LogP contribution in [-0.2, 0) is 6.42 Å². The van der Waals surface area contributed by atoms with Crippen LogP contribution in [0.5, 0.6) is 17.4 Å². The summed E-state index contributed by atoms with van der Waals surface area (Å²) in [4.78, 5) is 19.5. The molecule has 0 saturated carbocycles. The zero-order valence-corrected chi connectivity index (χ0v) is 13.4. The normalized spacial score (nSPS) is 12.2. The van der Waals surface area contributed by atoms with Crippen LogP contribution in [0.2, 0.25) is 0 Å². The lowest BCUT2D eigenvalue weighted by molar-refractivity contribution is 0.438. The minimum absolute atomic E-state index is 0.110. The monoisotopic (exact) mass is 370 g/mol. The molecule has 0 unspecified atom stereocenters. The van der Waals surface area contributed by atoms with Gasteiger partial charge in [-0.05, 0) is 30.3 Å². The third-order valence-corrected chi connectivity index (χ3v) is 4.19. The highest BCUT2D eigenvalue weighted by molar-refractivity contribution is 9.10. The van der Waals surface area contributed by atoms with Gasteiger partial charge in [0.15, 0.2) is 0 Å². The minimum atomic E-state index is -0.237. The summed E-state index contributed by atoms with van der Waals surface area (Å²) >= 11 is 3.42. The quantitative estimate of drug-likeness (QED) is 0.536. The third-order valence-electron chi connectivity index (χ3n) is 3.69. The van der Waals surface area contributed by atoms with Gasteiger partial charge in [0.25, 0.3) is 5.56 Å². The lowest BCUT2D eigenvalue weighted by Crippen LogP contribution is -2.20. The van der Waals surface area contributed by atoms with Crippen LogP contribution in [0.4, 0.5) is 0 Å². The Morgan fingerprint density at radius 1 is 1.22 bits per heavy atom. The van der Waals surface area contributed by atoms with E-state index in [0.717, 1.165) is 10.0 Å². The molecule has 1 aliphatic rings. The Balaban J connectivity index is 1.83. The van der Waals surface area contributed by atoms with Gasteiger partial charge >= 0.3 is 0 Å². The zero-order valence-electron chi connectivity index (χ0n) is 11.8. The molecule has 0 bridgehead atoms. The topological polar surface area (TPSA) is 75.2 Å². The molecule has 0 atom stereocenters. The van der Waals surface area contributed by atoms with E-state index in [1.54, 1.807) is 24.3 Å². The van der Waals surface area contributed by atoms with Crippen LogP contribution in [0.15, 0.2) is 51.7 Å². The molecule has 0 aliphatic carbocycles. The molecule has 0 amide bonds. The summed E-state index contributed by atoms with van der Waals surface area (Å²) < 4.78 is 6.73. The summed E-state index contributed by atoms with van der Waals surface area (Å²) in [6.45, 7) is 0. The Labute approximate surface area is 139 Å². The smallest absolute Gasteiger partial charge is 0.258 e. The summed E-state index contributed by atoms with van der Waals surface area (Å²) in [6, 6.07) is 12.2. The average Bonchev–Trinajstić information content (AvgIpc) is 2.53. The average molecular weight is 371 g/mol. The van der Waals surface area contributed by atoms with E-state index < -0.39 is 0 Å². The van der Waals surface area contributed by atoms with Crippen molar-refractivity contribution in [2.75, 3.05) is 0 Å². The molecule has 3 aromatic rings. The van der Waals surface area contributed by atoms with Gasteiger partial charge in [-0.1, -0.05) is 28.1 Å². The van der Waals surface area contributed by atoms with Gasteiger partial charge < -0.3 is 14.8 Å². The molecule has 6 heteroatoms. The third kappa shape index (κ3) is 2.51. The fourth-order valence-corrected chi connectivity index (χ4v) is 3.00. The number of aromatic nitrogens is 2. The highest BCUT2D eigenvalue weighted by Crippen LogP contribution is 2.35. The first kappa shape index (κ1) is 14.0. The second-order valence-electron chi connectivity index (χ2n) is 5.28. The van der Waals surface area contributed by atoms with E-state index in [2.05, 4.69) is 25.9 Å². The van der Waals surface area contributed by atoms with E-state index in [9.17, 15) is 9.90 Å². The molecule has 2 N–H and O–H groups in total. The predicted molar refractivity (Wildman–Crippen MR) is 89.0 cm³/mol. The first-order valence-electron chi connectivity index (χ1n) is 6.99. The van der Waals surface area contributed by atoms with Crippen molar-refractivity contribution in [1.82, 2.24) is 9.97 Å². The van der Waals surface area contributed by atoms with Crippen LogP contribution in [0, 0.1) is 0 Å². The molecule has 0 fully saturated rings. The van der Waals surface area contributed by atoms with Gasteiger partial charge in [0, 0.05) is 22.0 Å². The van der Waals surface area contributed by atoms with Crippen molar-refractivity contribution < 1.29 is 9.84 Å². The molecule has 114 valence electrons. The number of benzene rings is 2. The first-order valence-corrected chi connectivity index (χ1v) is 7.78. The Kier molecular flexibility index (Phi) is 3.20. The largest absolute Gasteiger partial charge is 0.508 e. The van der Waals surface area contributed by atoms with Crippen molar-refractivity contribution in [2.45, 2.75) is 6.42 Å². The molecule has 1 aromatic heterocycles. The van der Waals surface area contributed by atoms with Crippen molar-refractivity contribution in [3.63, 3.8) is 0 Å². The molecule has 4 rings (SSSR count).